The van der Waals surface area contributed by atoms with Crippen LogP contribution >= 0.6 is 0 Å². The summed E-state index contributed by atoms with van der Waals surface area (Å²) in [6.07, 6.45) is 4.17. The van der Waals surface area contributed by atoms with Crippen molar-refractivity contribution in [2.24, 2.45) is 0 Å². The van der Waals surface area contributed by atoms with Gasteiger partial charge in [-0.05, 0) is 42.3 Å². The summed E-state index contributed by atoms with van der Waals surface area (Å²) in [6.45, 7) is 0.604. The smallest absolute Gasteiger partial charge is 0.254 e. The second-order valence-corrected chi connectivity index (χ2v) is 6.38. The van der Waals surface area contributed by atoms with Crippen LogP contribution in [0.2, 0.25) is 0 Å². The third-order valence-electron chi connectivity index (χ3n) is 4.24. The van der Waals surface area contributed by atoms with E-state index in [0.717, 1.165) is 23.4 Å². The van der Waals surface area contributed by atoms with Crippen molar-refractivity contribution in [1.82, 2.24) is 20.4 Å². The Balaban J connectivity index is 1.36. The van der Waals surface area contributed by atoms with Crippen LogP contribution in [-0.2, 0) is 11.3 Å². The van der Waals surface area contributed by atoms with E-state index < -0.39 is 17.5 Å². The van der Waals surface area contributed by atoms with Crippen molar-refractivity contribution >= 4 is 11.8 Å². The molecular weight excluding hydrogens is 378 g/mol. The number of halogens is 2. The molecule has 1 aromatic heterocycles. The van der Waals surface area contributed by atoms with E-state index in [1.807, 2.05) is 36.5 Å². The molecule has 0 saturated heterocycles. The SMILES string of the molecule is O=C(CCCNC(=O)c1ccc(F)cc1F)NCc1ccc(-n2cccn2)cc1. The maximum absolute atomic E-state index is 13.5. The van der Waals surface area contributed by atoms with Crippen molar-refractivity contribution in [2.45, 2.75) is 19.4 Å². The van der Waals surface area contributed by atoms with Crippen molar-refractivity contribution < 1.29 is 18.4 Å². The van der Waals surface area contributed by atoms with Gasteiger partial charge >= 0.3 is 0 Å². The van der Waals surface area contributed by atoms with E-state index in [1.54, 1.807) is 10.9 Å². The summed E-state index contributed by atoms with van der Waals surface area (Å²) < 4.78 is 28.1. The zero-order chi connectivity index (χ0) is 20.6. The average molecular weight is 398 g/mol. The first kappa shape index (κ1) is 20.2. The Morgan fingerprint density at radius 1 is 1.03 bits per heavy atom. The van der Waals surface area contributed by atoms with Gasteiger partial charge in [0.05, 0.1) is 11.3 Å². The Labute approximate surface area is 166 Å². The van der Waals surface area contributed by atoms with Gasteiger partial charge in [0.15, 0.2) is 0 Å². The van der Waals surface area contributed by atoms with E-state index in [-0.39, 0.29) is 24.4 Å². The minimum Gasteiger partial charge on any atom is -0.352 e. The monoisotopic (exact) mass is 398 g/mol. The highest BCUT2D eigenvalue weighted by molar-refractivity contribution is 5.94. The van der Waals surface area contributed by atoms with Crippen LogP contribution in [0.15, 0.2) is 60.9 Å². The highest BCUT2D eigenvalue weighted by Gasteiger charge is 2.12. The fourth-order valence-corrected chi connectivity index (χ4v) is 2.70. The van der Waals surface area contributed by atoms with Crippen LogP contribution in [0.3, 0.4) is 0 Å². The fourth-order valence-electron chi connectivity index (χ4n) is 2.70. The predicted molar refractivity (Wildman–Crippen MR) is 103 cm³/mol. The van der Waals surface area contributed by atoms with Crippen molar-refractivity contribution in [3.05, 3.63) is 83.7 Å². The molecular formula is C21H20F2N4O2. The van der Waals surface area contributed by atoms with Crippen LogP contribution < -0.4 is 10.6 Å². The van der Waals surface area contributed by atoms with Gasteiger partial charge in [0.1, 0.15) is 11.6 Å². The number of benzene rings is 2. The molecule has 3 rings (SSSR count). The molecule has 3 aromatic rings. The molecule has 2 N–H and O–H groups in total. The van der Waals surface area contributed by atoms with E-state index in [2.05, 4.69) is 15.7 Å². The number of hydrogen-bond donors (Lipinski definition) is 2. The second kappa shape index (κ2) is 9.59. The van der Waals surface area contributed by atoms with E-state index in [4.69, 9.17) is 0 Å². The van der Waals surface area contributed by atoms with Crippen LogP contribution in [-0.4, -0.2) is 28.1 Å². The molecule has 0 atom stereocenters. The Hall–Kier alpha value is -3.55. The lowest BCUT2D eigenvalue weighted by Gasteiger charge is -2.08. The highest BCUT2D eigenvalue weighted by Crippen LogP contribution is 2.10. The predicted octanol–water partition coefficient (Wildman–Crippen LogP) is 2.98. The van der Waals surface area contributed by atoms with Gasteiger partial charge < -0.3 is 10.6 Å². The first-order valence-corrected chi connectivity index (χ1v) is 9.12. The summed E-state index contributed by atoms with van der Waals surface area (Å²) in [7, 11) is 0. The summed E-state index contributed by atoms with van der Waals surface area (Å²) in [4.78, 5) is 23.8. The van der Waals surface area contributed by atoms with E-state index >= 15 is 0 Å². The van der Waals surface area contributed by atoms with Crippen molar-refractivity contribution in [3.8, 4) is 5.69 Å². The Morgan fingerprint density at radius 3 is 2.52 bits per heavy atom. The molecule has 0 unspecified atom stereocenters. The molecule has 2 amide bonds. The minimum absolute atomic E-state index is 0.150. The van der Waals surface area contributed by atoms with Gasteiger partial charge in [-0.3, -0.25) is 9.59 Å². The number of carbonyl (C=O) groups excluding carboxylic acids is 2. The third-order valence-corrected chi connectivity index (χ3v) is 4.24. The molecule has 0 aliphatic heterocycles. The molecule has 0 fully saturated rings. The average Bonchev–Trinajstić information content (AvgIpc) is 3.25. The Kier molecular flexibility index (Phi) is 6.67. The lowest BCUT2D eigenvalue weighted by Crippen LogP contribution is -2.28. The Bertz CT molecular complexity index is 973. The largest absolute Gasteiger partial charge is 0.352 e. The maximum atomic E-state index is 13.5. The molecule has 0 radical (unpaired) electrons. The summed E-state index contributed by atoms with van der Waals surface area (Å²) in [6, 6.07) is 12.3. The standard InChI is InChI=1S/C21H20F2N4O2/c22-16-6-9-18(19(23)13-16)21(29)24-10-1-3-20(28)25-14-15-4-7-17(8-5-15)27-12-2-11-26-27/h2,4-9,11-13H,1,3,10,14H2,(H,24,29)(H,25,28). The number of rotatable bonds is 8. The van der Waals surface area contributed by atoms with E-state index in [9.17, 15) is 18.4 Å². The van der Waals surface area contributed by atoms with E-state index in [1.165, 1.54) is 0 Å². The van der Waals surface area contributed by atoms with Crippen LogP contribution in [0.5, 0.6) is 0 Å². The molecule has 0 spiro atoms. The van der Waals surface area contributed by atoms with Gasteiger partial charge in [-0.25, -0.2) is 13.5 Å². The minimum atomic E-state index is -0.918. The normalized spacial score (nSPS) is 10.6. The molecule has 150 valence electrons. The summed E-state index contributed by atoms with van der Waals surface area (Å²) >= 11 is 0. The quantitative estimate of drug-likeness (QED) is 0.573. The second-order valence-electron chi connectivity index (χ2n) is 6.38. The van der Waals surface area contributed by atoms with Crippen molar-refractivity contribution in [3.63, 3.8) is 0 Å². The third kappa shape index (κ3) is 5.71. The number of nitrogens with zero attached hydrogens (tertiary/aromatic N) is 2. The first-order valence-electron chi connectivity index (χ1n) is 9.12. The zero-order valence-corrected chi connectivity index (χ0v) is 15.6. The Morgan fingerprint density at radius 2 is 1.83 bits per heavy atom. The number of nitrogens with one attached hydrogen (secondary N) is 2. The van der Waals surface area contributed by atoms with Crippen molar-refractivity contribution in [1.29, 1.82) is 0 Å². The van der Waals surface area contributed by atoms with Gasteiger partial charge in [-0.2, -0.15) is 5.10 Å². The molecule has 0 saturated carbocycles. The van der Waals surface area contributed by atoms with E-state index in [0.29, 0.717) is 19.0 Å². The highest BCUT2D eigenvalue weighted by atomic mass is 19.1. The van der Waals surface area contributed by atoms with Crippen molar-refractivity contribution in [2.75, 3.05) is 6.54 Å². The molecule has 0 aliphatic rings. The molecule has 0 aliphatic carbocycles. The number of amides is 2. The zero-order valence-electron chi connectivity index (χ0n) is 15.6. The topological polar surface area (TPSA) is 76.0 Å². The van der Waals surface area contributed by atoms with Gasteiger partial charge in [0.2, 0.25) is 5.91 Å². The van der Waals surface area contributed by atoms with Gasteiger partial charge in [-0.15, -0.1) is 0 Å². The van der Waals surface area contributed by atoms with Gasteiger partial charge in [0, 0.05) is 38.0 Å². The molecule has 2 aromatic carbocycles. The van der Waals surface area contributed by atoms with Gasteiger partial charge in [-0.1, -0.05) is 12.1 Å². The van der Waals surface area contributed by atoms with Gasteiger partial charge in [0.25, 0.3) is 5.91 Å². The number of carbonyl (C=O) groups is 2. The lowest BCUT2D eigenvalue weighted by atomic mass is 10.2. The number of aromatic nitrogens is 2. The maximum Gasteiger partial charge on any atom is 0.254 e. The summed E-state index contributed by atoms with van der Waals surface area (Å²) in [5.74, 6) is -2.45. The molecule has 0 bridgehead atoms. The molecule has 6 nitrogen and oxygen atoms in total. The molecule has 1 heterocycles. The summed E-state index contributed by atoms with van der Waals surface area (Å²) in [5, 5.41) is 9.48. The lowest BCUT2D eigenvalue weighted by molar-refractivity contribution is -0.121. The molecule has 8 heteroatoms. The fraction of sp³-hybridized carbons (Fsp3) is 0.190. The first-order chi connectivity index (χ1) is 14.0. The summed E-state index contributed by atoms with van der Waals surface area (Å²) in [5.41, 5.74) is 1.65. The number of hydrogen-bond acceptors (Lipinski definition) is 3. The van der Waals surface area contributed by atoms with Crippen LogP contribution in [0.25, 0.3) is 5.69 Å². The molecule has 29 heavy (non-hydrogen) atoms. The van der Waals surface area contributed by atoms with Crippen LogP contribution in [0.1, 0.15) is 28.8 Å². The van der Waals surface area contributed by atoms with Crippen LogP contribution in [0.4, 0.5) is 8.78 Å². The van der Waals surface area contributed by atoms with Crippen LogP contribution in [0, 0.1) is 11.6 Å².